The van der Waals surface area contributed by atoms with E-state index >= 15 is 0 Å². The molecule has 0 amide bonds. The third-order valence-corrected chi connectivity index (χ3v) is 9.36. The Hall–Kier alpha value is -5.92. The van der Waals surface area contributed by atoms with Gasteiger partial charge in [0.2, 0.25) is 0 Å². The minimum absolute atomic E-state index is 0.903. The summed E-state index contributed by atoms with van der Waals surface area (Å²) in [7, 11) is 0. The lowest BCUT2D eigenvalue weighted by Gasteiger charge is -2.18. The Morgan fingerprint density at radius 2 is 1.02 bits per heavy atom. The first-order valence-corrected chi connectivity index (χ1v) is 15.3. The molecule has 0 aliphatic heterocycles. The van der Waals surface area contributed by atoms with Crippen molar-refractivity contribution < 1.29 is 4.42 Å². The standard InChI is InChI=1S/C44H28O/c1-3-27-18-22-29(23-19-27)32-11-5-6-12-34(32)38-26-31-10-7-16-37-40(31)41-35(38)14-8-15-36(41)43-42-33(13-9-17-39(42)45-44(37)43)30-24-20-28(4-2)21-25-30/h3-26H,1-2H2. The Morgan fingerprint density at radius 1 is 0.422 bits per heavy atom. The highest BCUT2D eigenvalue weighted by Gasteiger charge is 2.22. The molecule has 0 bridgehead atoms. The molecule has 210 valence electrons. The average molecular weight is 573 g/mol. The number of hydrogen-bond donors (Lipinski definition) is 0. The van der Waals surface area contributed by atoms with E-state index in [4.69, 9.17) is 4.42 Å². The van der Waals surface area contributed by atoms with E-state index in [0.717, 1.165) is 38.6 Å². The van der Waals surface area contributed by atoms with Gasteiger partial charge in [0, 0.05) is 21.5 Å². The first-order valence-electron chi connectivity index (χ1n) is 15.3. The van der Waals surface area contributed by atoms with Gasteiger partial charge in [-0.05, 0) is 78.2 Å². The molecule has 45 heavy (non-hydrogen) atoms. The van der Waals surface area contributed by atoms with Crippen LogP contribution in [0.15, 0.2) is 151 Å². The van der Waals surface area contributed by atoms with Crippen LogP contribution in [0.25, 0.3) is 99.8 Å². The van der Waals surface area contributed by atoms with Crippen molar-refractivity contribution in [3.8, 4) is 33.4 Å². The summed E-state index contributed by atoms with van der Waals surface area (Å²) >= 11 is 0. The monoisotopic (exact) mass is 572 g/mol. The summed E-state index contributed by atoms with van der Waals surface area (Å²) in [6, 6.07) is 48.1. The van der Waals surface area contributed by atoms with Gasteiger partial charge in [0.05, 0.1) is 0 Å². The van der Waals surface area contributed by atoms with E-state index in [-0.39, 0.29) is 0 Å². The minimum atomic E-state index is 0.903. The van der Waals surface area contributed by atoms with Crippen molar-refractivity contribution in [1.82, 2.24) is 0 Å². The van der Waals surface area contributed by atoms with E-state index in [1.807, 2.05) is 12.2 Å². The molecule has 0 atom stereocenters. The summed E-state index contributed by atoms with van der Waals surface area (Å²) in [6.07, 6.45) is 3.77. The third kappa shape index (κ3) is 3.74. The summed E-state index contributed by atoms with van der Waals surface area (Å²) in [5.41, 5.74) is 11.3. The molecule has 1 nitrogen and oxygen atoms in total. The van der Waals surface area contributed by atoms with Crippen molar-refractivity contribution in [1.29, 1.82) is 0 Å². The number of hydrogen-bond acceptors (Lipinski definition) is 1. The van der Waals surface area contributed by atoms with Crippen molar-refractivity contribution in [2.45, 2.75) is 0 Å². The van der Waals surface area contributed by atoms with Gasteiger partial charge < -0.3 is 4.42 Å². The van der Waals surface area contributed by atoms with Gasteiger partial charge in [0.15, 0.2) is 0 Å². The quantitative estimate of drug-likeness (QED) is 0.187. The van der Waals surface area contributed by atoms with Gasteiger partial charge in [-0.15, -0.1) is 0 Å². The summed E-state index contributed by atoms with van der Waals surface area (Å²) in [4.78, 5) is 0. The van der Waals surface area contributed by atoms with Crippen molar-refractivity contribution in [2.24, 2.45) is 0 Å². The summed E-state index contributed by atoms with van der Waals surface area (Å²) in [5.74, 6) is 0. The maximum atomic E-state index is 6.76. The van der Waals surface area contributed by atoms with Crippen molar-refractivity contribution in [3.63, 3.8) is 0 Å². The molecular formula is C44H28O. The zero-order valence-corrected chi connectivity index (χ0v) is 24.7. The molecule has 1 heterocycles. The first kappa shape index (κ1) is 25.6. The smallest absolute Gasteiger partial charge is 0.143 e. The van der Waals surface area contributed by atoms with Crippen molar-refractivity contribution >= 4 is 66.4 Å². The van der Waals surface area contributed by atoms with Crippen molar-refractivity contribution in [2.75, 3.05) is 0 Å². The fourth-order valence-corrected chi connectivity index (χ4v) is 7.27. The molecular weight excluding hydrogens is 544 g/mol. The Bertz CT molecular complexity index is 2600. The van der Waals surface area contributed by atoms with Gasteiger partial charge in [-0.2, -0.15) is 0 Å². The van der Waals surface area contributed by atoms with Gasteiger partial charge in [0.1, 0.15) is 11.2 Å². The van der Waals surface area contributed by atoms with Crippen LogP contribution in [0.2, 0.25) is 0 Å². The predicted molar refractivity (Wildman–Crippen MR) is 194 cm³/mol. The summed E-state index contributed by atoms with van der Waals surface area (Å²) in [6.45, 7) is 7.87. The van der Waals surface area contributed by atoms with Gasteiger partial charge in [0.25, 0.3) is 0 Å². The van der Waals surface area contributed by atoms with Crippen LogP contribution in [0.1, 0.15) is 11.1 Å². The molecule has 0 aliphatic carbocycles. The molecule has 9 rings (SSSR count). The maximum Gasteiger partial charge on any atom is 0.143 e. The van der Waals surface area contributed by atoms with Crippen LogP contribution in [0, 0.1) is 0 Å². The number of fused-ring (bicyclic) bond motifs is 5. The topological polar surface area (TPSA) is 13.1 Å². The zero-order chi connectivity index (χ0) is 30.1. The predicted octanol–water partition coefficient (Wildman–Crippen LogP) is 12.8. The molecule has 1 heteroatoms. The highest BCUT2D eigenvalue weighted by molar-refractivity contribution is 6.39. The van der Waals surface area contributed by atoms with E-state index < -0.39 is 0 Å². The van der Waals surface area contributed by atoms with E-state index in [9.17, 15) is 0 Å². The first-order chi connectivity index (χ1) is 22.2. The van der Waals surface area contributed by atoms with Crippen LogP contribution in [0.5, 0.6) is 0 Å². The Labute approximate surface area is 261 Å². The molecule has 0 fully saturated rings. The van der Waals surface area contributed by atoms with E-state index in [1.54, 1.807) is 0 Å². The summed E-state index contributed by atoms with van der Waals surface area (Å²) in [5, 5.41) is 9.69. The molecule has 0 saturated heterocycles. The van der Waals surface area contributed by atoms with Crippen LogP contribution in [-0.2, 0) is 0 Å². The third-order valence-electron chi connectivity index (χ3n) is 9.36. The fraction of sp³-hybridized carbons (Fsp3) is 0. The van der Waals surface area contributed by atoms with E-state index in [0.29, 0.717) is 0 Å². The van der Waals surface area contributed by atoms with E-state index in [2.05, 4.69) is 147 Å². The van der Waals surface area contributed by atoms with Gasteiger partial charge in [-0.3, -0.25) is 0 Å². The zero-order valence-electron chi connectivity index (χ0n) is 24.7. The number of benzene rings is 8. The van der Waals surface area contributed by atoms with E-state index in [1.165, 1.54) is 60.1 Å². The van der Waals surface area contributed by atoms with Gasteiger partial charge in [-0.1, -0.05) is 147 Å². The molecule has 9 aromatic rings. The maximum absolute atomic E-state index is 6.76. The molecule has 0 spiro atoms. The second kappa shape index (κ2) is 9.80. The number of rotatable bonds is 5. The second-order valence-corrected chi connectivity index (χ2v) is 11.7. The SMILES string of the molecule is C=Cc1ccc(-c2ccccc2-c2cc3cccc4c5oc6cccc(-c7ccc(C=C)cc7)c6c5c5cccc2c5c34)cc1. The molecule has 0 saturated carbocycles. The number of furan rings is 1. The minimum Gasteiger partial charge on any atom is -0.455 e. The lowest BCUT2D eigenvalue weighted by atomic mass is 9.85. The highest BCUT2D eigenvalue weighted by Crippen LogP contribution is 2.49. The normalized spacial score (nSPS) is 11.7. The molecule has 0 aliphatic rings. The Morgan fingerprint density at radius 3 is 1.76 bits per heavy atom. The van der Waals surface area contributed by atoms with Crippen LogP contribution in [0.4, 0.5) is 0 Å². The molecule has 0 N–H and O–H groups in total. The van der Waals surface area contributed by atoms with Crippen LogP contribution >= 0.6 is 0 Å². The highest BCUT2D eigenvalue weighted by atomic mass is 16.3. The Kier molecular flexibility index (Phi) is 5.57. The summed E-state index contributed by atoms with van der Waals surface area (Å²) < 4.78 is 6.76. The average Bonchev–Trinajstić information content (AvgIpc) is 3.51. The molecule has 1 aromatic heterocycles. The van der Waals surface area contributed by atoms with Gasteiger partial charge >= 0.3 is 0 Å². The Balaban J connectivity index is 1.41. The van der Waals surface area contributed by atoms with Gasteiger partial charge in [-0.25, -0.2) is 0 Å². The molecule has 0 unspecified atom stereocenters. The van der Waals surface area contributed by atoms with Crippen LogP contribution in [-0.4, -0.2) is 0 Å². The lowest BCUT2D eigenvalue weighted by Crippen LogP contribution is -1.91. The van der Waals surface area contributed by atoms with Crippen LogP contribution in [0.3, 0.4) is 0 Å². The largest absolute Gasteiger partial charge is 0.455 e. The van der Waals surface area contributed by atoms with Crippen molar-refractivity contribution in [3.05, 3.63) is 158 Å². The van der Waals surface area contributed by atoms with Crippen LogP contribution < -0.4 is 0 Å². The molecule has 8 aromatic carbocycles. The fourth-order valence-electron chi connectivity index (χ4n) is 7.27. The second-order valence-electron chi connectivity index (χ2n) is 11.7. The lowest BCUT2D eigenvalue weighted by molar-refractivity contribution is 0.673. The molecule has 0 radical (unpaired) electrons.